The Morgan fingerprint density at radius 3 is 2.60 bits per heavy atom. The third-order valence-electron chi connectivity index (χ3n) is 4.45. The number of amides is 4. The molecular formula is C21H25N5O3S. The monoisotopic (exact) mass is 427 g/mol. The number of anilines is 1. The summed E-state index contributed by atoms with van der Waals surface area (Å²) >= 11 is 1.40. The first kappa shape index (κ1) is 21.7. The maximum Gasteiger partial charge on any atom is 0.321 e. The van der Waals surface area contributed by atoms with Gasteiger partial charge >= 0.3 is 6.03 Å². The van der Waals surface area contributed by atoms with Crippen LogP contribution in [0.4, 0.5) is 10.5 Å². The van der Waals surface area contributed by atoms with E-state index < -0.39 is 0 Å². The lowest BCUT2D eigenvalue weighted by atomic mass is 10.1. The van der Waals surface area contributed by atoms with Gasteiger partial charge in [0.1, 0.15) is 0 Å². The van der Waals surface area contributed by atoms with Crippen LogP contribution in [0.5, 0.6) is 0 Å². The van der Waals surface area contributed by atoms with Crippen LogP contribution in [0.25, 0.3) is 0 Å². The third-order valence-corrected chi connectivity index (χ3v) is 5.25. The molecule has 0 atom stereocenters. The third kappa shape index (κ3) is 6.23. The van der Waals surface area contributed by atoms with Gasteiger partial charge in [0.05, 0.1) is 6.54 Å². The molecule has 0 aromatic heterocycles. The van der Waals surface area contributed by atoms with Crippen molar-refractivity contribution in [2.75, 3.05) is 37.6 Å². The smallest absolute Gasteiger partial charge is 0.321 e. The van der Waals surface area contributed by atoms with Crippen LogP contribution in [0.2, 0.25) is 0 Å². The van der Waals surface area contributed by atoms with E-state index in [9.17, 15) is 14.4 Å². The molecule has 8 nitrogen and oxygen atoms in total. The minimum Gasteiger partial charge on any atom is -0.353 e. The maximum atomic E-state index is 12.3. The normalized spacial score (nSPS) is 13.1. The summed E-state index contributed by atoms with van der Waals surface area (Å²) in [7, 11) is 0. The van der Waals surface area contributed by atoms with Crippen LogP contribution >= 0.6 is 11.9 Å². The summed E-state index contributed by atoms with van der Waals surface area (Å²) in [5.74, 6) is -0.398. The molecule has 1 aliphatic heterocycles. The summed E-state index contributed by atoms with van der Waals surface area (Å²) in [6.45, 7) is 4.00. The molecule has 0 radical (unpaired) electrons. The molecule has 4 amide bonds. The molecule has 0 bridgehead atoms. The van der Waals surface area contributed by atoms with Gasteiger partial charge in [-0.2, -0.15) is 0 Å². The highest BCUT2D eigenvalue weighted by Gasteiger charge is 2.21. The van der Waals surface area contributed by atoms with E-state index in [0.717, 1.165) is 4.90 Å². The number of hydrogen-bond acceptors (Lipinski definition) is 5. The van der Waals surface area contributed by atoms with Crippen LogP contribution < -0.4 is 25.6 Å². The van der Waals surface area contributed by atoms with Crippen molar-refractivity contribution in [3.05, 3.63) is 59.7 Å². The Morgan fingerprint density at radius 2 is 1.87 bits per heavy atom. The van der Waals surface area contributed by atoms with Gasteiger partial charge in [0.25, 0.3) is 5.91 Å². The fourth-order valence-electron chi connectivity index (χ4n) is 2.87. The molecule has 0 aliphatic carbocycles. The standard InChI is InChI=1S/C21H25N5O3S/c1-15-5-7-18(8-6-15)30-25-14-19(27)22-9-10-23-20(28)16-3-2-4-17(13-16)26-12-11-24-21(26)29/h2-8,13,25H,9-12,14H2,1H3,(H,22,27)(H,23,28)(H,24,29). The Balaban J connectivity index is 1.35. The van der Waals surface area contributed by atoms with Crippen molar-refractivity contribution >= 4 is 35.5 Å². The molecule has 2 aromatic carbocycles. The van der Waals surface area contributed by atoms with Crippen molar-refractivity contribution in [3.63, 3.8) is 0 Å². The quantitative estimate of drug-likeness (QED) is 0.360. The van der Waals surface area contributed by atoms with E-state index in [1.54, 1.807) is 29.2 Å². The van der Waals surface area contributed by atoms with E-state index in [4.69, 9.17) is 0 Å². The Morgan fingerprint density at radius 1 is 1.10 bits per heavy atom. The Hall–Kier alpha value is -3.04. The molecule has 0 saturated carbocycles. The van der Waals surface area contributed by atoms with E-state index in [0.29, 0.717) is 37.4 Å². The SMILES string of the molecule is Cc1ccc(SNCC(=O)NCCNC(=O)c2cccc(N3CCNC3=O)c2)cc1. The zero-order chi connectivity index (χ0) is 21.3. The van der Waals surface area contributed by atoms with Gasteiger partial charge in [0.15, 0.2) is 0 Å². The Bertz CT molecular complexity index is 904. The summed E-state index contributed by atoms with van der Waals surface area (Å²) in [6, 6.07) is 14.8. The van der Waals surface area contributed by atoms with Crippen molar-refractivity contribution < 1.29 is 14.4 Å². The van der Waals surface area contributed by atoms with E-state index in [1.807, 2.05) is 31.2 Å². The van der Waals surface area contributed by atoms with Crippen LogP contribution in [0.15, 0.2) is 53.4 Å². The van der Waals surface area contributed by atoms with Crippen molar-refractivity contribution in [2.45, 2.75) is 11.8 Å². The van der Waals surface area contributed by atoms with Crippen LogP contribution in [0, 0.1) is 6.92 Å². The van der Waals surface area contributed by atoms with Gasteiger partial charge < -0.3 is 16.0 Å². The molecule has 158 valence electrons. The van der Waals surface area contributed by atoms with Crippen molar-refractivity contribution in [3.8, 4) is 0 Å². The number of carbonyl (C=O) groups is 3. The highest BCUT2D eigenvalue weighted by atomic mass is 32.2. The number of urea groups is 1. The van der Waals surface area contributed by atoms with E-state index in [2.05, 4.69) is 20.7 Å². The number of hydrogen-bond donors (Lipinski definition) is 4. The molecule has 1 heterocycles. The zero-order valence-corrected chi connectivity index (χ0v) is 17.6. The minimum absolute atomic E-state index is 0.147. The highest BCUT2D eigenvalue weighted by molar-refractivity contribution is 7.97. The number of carbonyl (C=O) groups excluding carboxylic acids is 3. The molecule has 2 aromatic rings. The number of rotatable bonds is 9. The number of benzene rings is 2. The topological polar surface area (TPSA) is 103 Å². The molecule has 3 rings (SSSR count). The van der Waals surface area contributed by atoms with E-state index in [1.165, 1.54) is 17.5 Å². The number of aryl methyl sites for hydroxylation is 1. The average Bonchev–Trinajstić information content (AvgIpc) is 3.18. The predicted molar refractivity (Wildman–Crippen MR) is 118 cm³/mol. The van der Waals surface area contributed by atoms with Gasteiger partial charge in [0, 0.05) is 42.3 Å². The zero-order valence-electron chi connectivity index (χ0n) is 16.7. The lowest BCUT2D eigenvalue weighted by molar-refractivity contribution is -0.119. The second kappa shape index (κ2) is 10.7. The van der Waals surface area contributed by atoms with Gasteiger partial charge in [0.2, 0.25) is 5.91 Å². The van der Waals surface area contributed by atoms with Crippen LogP contribution in [-0.4, -0.2) is 50.6 Å². The minimum atomic E-state index is -0.251. The molecule has 30 heavy (non-hydrogen) atoms. The molecular weight excluding hydrogens is 402 g/mol. The van der Waals surface area contributed by atoms with Gasteiger partial charge in [-0.1, -0.05) is 23.8 Å². The van der Waals surface area contributed by atoms with Crippen LogP contribution in [0.3, 0.4) is 0 Å². The van der Waals surface area contributed by atoms with Gasteiger partial charge in [-0.3, -0.25) is 19.2 Å². The van der Waals surface area contributed by atoms with Gasteiger partial charge in [-0.05, 0) is 49.2 Å². The van der Waals surface area contributed by atoms with Crippen molar-refractivity contribution in [2.24, 2.45) is 0 Å². The first-order chi connectivity index (χ1) is 14.5. The molecule has 0 spiro atoms. The second-order valence-corrected chi connectivity index (χ2v) is 7.74. The first-order valence-electron chi connectivity index (χ1n) is 9.69. The predicted octanol–water partition coefficient (Wildman–Crippen LogP) is 1.67. The van der Waals surface area contributed by atoms with Crippen molar-refractivity contribution in [1.82, 2.24) is 20.7 Å². The first-order valence-corrected chi connectivity index (χ1v) is 10.5. The van der Waals surface area contributed by atoms with Crippen LogP contribution in [0.1, 0.15) is 15.9 Å². The average molecular weight is 428 g/mol. The maximum absolute atomic E-state index is 12.3. The Labute approximate surface area is 179 Å². The number of nitrogens with one attached hydrogen (secondary N) is 4. The van der Waals surface area contributed by atoms with Crippen molar-refractivity contribution in [1.29, 1.82) is 0 Å². The van der Waals surface area contributed by atoms with E-state index >= 15 is 0 Å². The summed E-state index contributed by atoms with van der Waals surface area (Å²) in [5.41, 5.74) is 2.34. The summed E-state index contributed by atoms with van der Waals surface area (Å²) in [5, 5.41) is 8.26. The second-order valence-electron chi connectivity index (χ2n) is 6.78. The number of nitrogens with zero attached hydrogens (tertiary/aromatic N) is 1. The van der Waals surface area contributed by atoms with Gasteiger partial charge in [-0.15, -0.1) is 0 Å². The molecule has 9 heteroatoms. The fourth-order valence-corrected chi connectivity index (χ4v) is 3.51. The fraction of sp³-hybridized carbons (Fsp3) is 0.286. The lowest BCUT2D eigenvalue weighted by Crippen LogP contribution is -2.37. The Kier molecular flexibility index (Phi) is 7.69. The largest absolute Gasteiger partial charge is 0.353 e. The highest BCUT2D eigenvalue weighted by Crippen LogP contribution is 2.18. The molecule has 0 unspecified atom stereocenters. The molecule has 1 aliphatic rings. The summed E-state index contributed by atoms with van der Waals surface area (Å²) in [4.78, 5) is 38.6. The molecule has 1 fully saturated rings. The van der Waals surface area contributed by atoms with Gasteiger partial charge in [-0.25, -0.2) is 4.79 Å². The molecule has 4 N–H and O–H groups in total. The lowest BCUT2D eigenvalue weighted by Gasteiger charge is -2.15. The molecule has 1 saturated heterocycles. The summed E-state index contributed by atoms with van der Waals surface area (Å²) < 4.78 is 3.01. The van der Waals surface area contributed by atoms with E-state index in [-0.39, 0.29) is 24.4 Å². The summed E-state index contributed by atoms with van der Waals surface area (Å²) in [6.07, 6.45) is 0. The van der Waals surface area contributed by atoms with Crippen LogP contribution in [-0.2, 0) is 4.79 Å².